The fourth-order valence-corrected chi connectivity index (χ4v) is 2.37. The number of aliphatic hydroxyl groups excluding tert-OH is 1. The molecule has 2 aromatic carbocycles. The third-order valence-electron chi connectivity index (χ3n) is 3.49. The third kappa shape index (κ3) is 2.85. The van der Waals surface area contributed by atoms with Crippen molar-refractivity contribution in [1.29, 1.82) is 0 Å². The fourth-order valence-electron chi connectivity index (χ4n) is 2.37. The normalized spacial score (nSPS) is 12.3. The van der Waals surface area contributed by atoms with Gasteiger partial charge in [-0.25, -0.2) is 9.97 Å². The van der Waals surface area contributed by atoms with Crippen molar-refractivity contribution in [3.8, 4) is 0 Å². The van der Waals surface area contributed by atoms with Crippen LogP contribution in [-0.4, -0.2) is 21.7 Å². The largest absolute Gasteiger partial charge is 0.394 e. The Hall–Kier alpha value is -2.46. The first-order valence-electron chi connectivity index (χ1n) is 6.91. The van der Waals surface area contributed by atoms with Crippen molar-refractivity contribution in [1.82, 2.24) is 9.97 Å². The molecule has 1 unspecified atom stereocenters. The molecule has 21 heavy (non-hydrogen) atoms. The van der Waals surface area contributed by atoms with Crippen molar-refractivity contribution in [2.45, 2.75) is 13.0 Å². The number of aliphatic hydroxyl groups is 1. The van der Waals surface area contributed by atoms with Crippen LogP contribution in [-0.2, 0) is 0 Å². The van der Waals surface area contributed by atoms with Crippen molar-refractivity contribution in [3.05, 3.63) is 66.0 Å². The summed E-state index contributed by atoms with van der Waals surface area (Å²) in [4.78, 5) is 8.60. The molecule has 0 amide bonds. The lowest BCUT2D eigenvalue weighted by atomic mass is 10.1. The highest BCUT2D eigenvalue weighted by molar-refractivity contribution is 5.89. The van der Waals surface area contributed by atoms with E-state index in [-0.39, 0.29) is 12.6 Å². The molecule has 106 valence electrons. The first kappa shape index (κ1) is 13.5. The van der Waals surface area contributed by atoms with Gasteiger partial charge < -0.3 is 10.4 Å². The summed E-state index contributed by atoms with van der Waals surface area (Å²) in [6.45, 7) is 2.04. The van der Waals surface area contributed by atoms with Gasteiger partial charge in [0.1, 0.15) is 12.1 Å². The molecule has 4 heteroatoms. The molecule has 0 spiro atoms. The lowest BCUT2D eigenvalue weighted by Gasteiger charge is -2.18. The molecule has 0 fully saturated rings. The number of hydrogen-bond acceptors (Lipinski definition) is 4. The molecule has 2 N–H and O–H groups in total. The van der Waals surface area contributed by atoms with Crippen molar-refractivity contribution in [3.63, 3.8) is 0 Å². The van der Waals surface area contributed by atoms with E-state index in [1.54, 1.807) is 6.33 Å². The number of aromatic nitrogens is 2. The summed E-state index contributed by atoms with van der Waals surface area (Å²) >= 11 is 0. The Morgan fingerprint density at radius 1 is 1.10 bits per heavy atom. The Morgan fingerprint density at radius 2 is 1.90 bits per heavy atom. The zero-order chi connectivity index (χ0) is 14.7. The third-order valence-corrected chi connectivity index (χ3v) is 3.49. The lowest BCUT2D eigenvalue weighted by Crippen LogP contribution is -2.16. The van der Waals surface area contributed by atoms with Crippen LogP contribution in [0.4, 0.5) is 5.82 Å². The van der Waals surface area contributed by atoms with Gasteiger partial charge in [-0.2, -0.15) is 0 Å². The Morgan fingerprint density at radius 3 is 2.67 bits per heavy atom. The zero-order valence-corrected chi connectivity index (χ0v) is 11.8. The zero-order valence-electron chi connectivity index (χ0n) is 11.8. The monoisotopic (exact) mass is 279 g/mol. The van der Waals surface area contributed by atoms with E-state index >= 15 is 0 Å². The van der Waals surface area contributed by atoms with Gasteiger partial charge in [0.05, 0.1) is 18.2 Å². The van der Waals surface area contributed by atoms with Crippen molar-refractivity contribution >= 4 is 16.7 Å². The highest BCUT2D eigenvalue weighted by Gasteiger charge is 2.12. The number of anilines is 1. The summed E-state index contributed by atoms with van der Waals surface area (Å²) in [6, 6.07) is 15.7. The SMILES string of the molecule is Cc1ccc2ncnc(NC(CO)c3ccccc3)c2c1. The fraction of sp³-hybridized carbons (Fsp3) is 0.176. The molecule has 4 nitrogen and oxygen atoms in total. The highest BCUT2D eigenvalue weighted by atomic mass is 16.3. The number of nitrogens with one attached hydrogen (secondary N) is 1. The Balaban J connectivity index is 1.99. The second-order valence-corrected chi connectivity index (χ2v) is 5.03. The summed E-state index contributed by atoms with van der Waals surface area (Å²) < 4.78 is 0. The summed E-state index contributed by atoms with van der Waals surface area (Å²) in [5, 5.41) is 13.9. The summed E-state index contributed by atoms with van der Waals surface area (Å²) in [7, 11) is 0. The van der Waals surface area contributed by atoms with Gasteiger partial charge in [-0.1, -0.05) is 42.0 Å². The van der Waals surface area contributed by atoms with Crippen LogP contribution < -0.4 is 5.32 Å². The molecule has 0 saturated heterocycles. The lowest BCUT2D eigenvalue weighted by molar-refractivity contribution is 0.276. The minimum absolute atomic E-state index is 0.00131. The van der Waals surface area contributed by atoms with Gasteiger partial charge >= 0.3 is 0 Å². The maximum absolute atomic E-state index is 9.66. The molecule has 1 heterocycles. The molecule has 1 atom stereocenters. The van der Waals surface area contributed by atoms with Crippen LogP contribution in [0.25, 0.3) is 10.9 Å². The Bertz CT molecular complexity index is 743. The maximum Gasteiger partial charge on any atom is 0.137 e. The van der Waals surface area contributed by atoms with E-state index in [0.29, 0.717) is 0 Å². The van der Waals surface area contributed by atoms with Gasteiger partial charge in [0, 0.05) is 5.39 Å². The van der Waals surface area contributed by atoms with Crippen LogP contribution in [0, 0.1) is 6.92 Å². The average Bonchev–Trinajstić information content (AvgIpc) is 2.53. The number of aryl methyl sites for hydroxylation is 1. The number of benzene rings is 2. The number of nitrogens with zero attached hydrogens (tertiary/aromatic N) is 2. The van der Waals surface area contributed by atoms with E-state index in [1.807, 2.05) is 49.4 Å². The van der Waals surface area contributed by atoms with Crippen LogP contribution in [0.15, 0.2) is 54.9 Å². The van der Waals surface area contributed by atoms with Gasteiger partial charge in [0.25, 0.3) is 0 Å². The van der Waals surface area contributed by atoms with Crippen LogP contribution in [0.1, 0.15) is 17.2 Å². The quantitative estimate of drug-likeness (QED) is 0.770. The van der Waals surface area contributed by atoms with Gasteiger partial charge in [0.15, 0.2) is 0 Å². The van der Waals surface area contributed by atoms with Gasteiger partial charge in [-0.3, -0.25) is 0 Å². The molecular formula is C17H17N3O. The predicted molar refractivity (Wildman–Crippen MR) is 84.2 cm³/mol. The Labute approximate surface area is 123 Å². The molecule has 0 aliphatic carbocycles. The second-order valence-electron chi connectivity index (χ2n) is 5.03. The van der Waals surface area contributed by atoms with E-state index in [2.05, 4.69) is 21.4 Å². The van der Waals surface area contributed by atoms with E-state index < -0.39 is 0 Å². The van der Waals surface area contributed by atoms with Gasteiger partial charge in [0.2, 0.25) is 0 Å². The molecular weight excluding hydrogens is 262 g/mol. The summed E-state index contributed by atoms with van der Waals surface area (Å²) in [6.07, 6.45) is 1.54. The molecule has 1 aromatic heterocycles. The first-order chi connectivity index (χ1) is 10.3. The predicted octanol–water partition coefficient (Wildman–Crippen LogP) is 3.08. The average molecular weight is 279 g/mol. The smallest absolute Gasteiger partial charge is 0.137 e. The van der Waals surface area contributed by atoms with E-state index in [4.69, 9.17) is 0 Å². The topological polar surface area (TPSA) is 58.0 Å². The molecule has 0 saturated carbocycles. The van der Waals surface area contributed by atoms with Crippen molar-refractivity contribution in [2.75, 3.05) is 11.9 Å². The summed E-state index contributed by atoms with van der Waals surface area (Å²) in [5.74, 6) is 0.742. The maximum atomic E-state index is 9.66. The number of fused-ring (bicyclic) bond motifs is 1. The Kier molecular flexibility index (Phi) is 3.79. The molecule has 3 aromatic rings. The molecule has 0 aliphatic rings. The highest BCUT2D eigenvalue weighted by Crippen LogP contribution is 2.24. The molecule has 0 radical (unpaired) electrons. The van der Waals surface area contributed by atoms with Gasteiger partial charge in [-0.05, 0) is 24.6 Å². The molecule has 3 rings (SSSR count). The standard InChI is InChI=1S/C17H17N3O/c1-12-7-8-15-14(9-12)17(19-11-18-15)20-16(10-21)13-5-3-2-4-6-13/h2-9,11,16,21H,10H2,1H3,(H,18,19,20). The van der Waals surface area contributed by atoms with Crippen LogP contribution in [0.2, 0.25) is 0 Å². The van der Waals surface area contributed by atoms with Crippen LogP contribution in [0.3, 0.4) is 0 Å². The number of hydrogen-bond donors (Lipinski definition) is 2. The van der Waals surface area contributed by atoms with Crippen molar-refractivity contribution in [2.24, 2.45) is 0 Å². The minimum Gasteiger partial charge on any atom is -0.394 e. The van der Waals surface area contributed by atoms with E-state index in [1.165, 1.54) is 0 Å². The minimum atomic E-state index is -0.190. The first-order valence-corrected chi connectivity index (χ1v) is 6.91. The van der Waals surface area contributed by atoms with E-state index in [0.717, 1.165) is 27.8 Å². The molecule has 0 aliphatic heterocycles. The second kappa shape index (κ2) is 5.89. The summed E-state index contributed by atoms with van der Waals surface area (Å²) in [5.41, 5.74) is 3.07. The number of rotatable bonds is 4. The molecule has 0 bridgehead atoms. The van der Waals surface area contributed by atoms with Crippen LogP contribution in [0.5, 0.6) is 0 Å². The van der Waals surface area contributed by atoms with Crippen LogP contribution >= 0.6 is 0 Å². The van der Waals surface area contributed by atoms with Crippen molar-refractivity contribution < 1.29 is 5.11 Å². The van der Waals surface area contributed by atoms with E-state index in [9.17, 15) is 5.11 Å². The van der Waals surface area contributed by atoms with Gasteiger partial charge in [-0.15, -0.1) is 0 Å².